The fourth-order valence-corrected chi connectivity index (χ4v) is 1.94. The molecule has 0 saturated carbocycles. The summed E-state index contributed by atoms with van der Waals surface area (Å²) in [5.41, 5.74) is 3.16. The van der Waals surface area contributed by atoms with Crippen molar-refractivity contribution in [3.05, 3.63) is 54.3 Å². The van der Waals surface area contributed by atoms with E-state index in [1.807, 2.05) is 12.2 Å². The Bertz CT molecular complexity index is 421. The van der Waals surface area contributed by atoms with E-state index in [4.69, 9.17) is 0 Å². The average molecular weight is 316 g/mol. The van der Waals surface area contributed by atoms with Crippen LogP contribution in [0.5, 0.6) is 0 Å². The van der Waals surface area contributed by atoms with Crippen LogP contribution in [-0.4, -0.2) is 13.1 Å². The van der Waals surface area contributed by atoms with Gasteiger partial charge in [-0.25, -0.2) is 0 Å². The molecule has 0 rings (SSSR count). The second-order valence-corrected chi connectivity index (χ2v) is 5.32. The average Bonchev–Trinajstić information content (AvgIpc) is 2.57. The third-order valence-corrected chi connectivity index (χ3v) is 3.27. The van der Waals surface area contributed by atoms with E-state index in [0.29, 0.717) is 6.42 Å². The van der Waals surface area contributed by atoms with E-state index < -0.39 is 0 Å². The molecule has 2 heteroatoms. The van der Waals surface area contributed by atoms with Crippen molar-refractivity contribution in [1.82, 2.24) is 0 Å². The lowest BCUT2D eigenvalue weighted by Gasteiger charge is -1.98. The largest absolute Gasteiger partial charge is 0.469 e. The van der Waals surface area contributed by atoms with Crippen LogP contribution < -0.4 is 0 Å². The maximum Gasteiger partial charge on any atom is 0.305 e. The fraction of sp³-hybridized carbons (Fsp3) is 0.524. The van der Waals surface area contributed by atoms with Crippen molar-refractivity contribution in [2.75, 3.05) is 7.11 Å². The lowest BCUT2D eigenvalue weighted by Crippen LogP contribution is -1.98. The molecule has 0 N–H and O–H groups in total. The predicted octanol–water partition coefficient (Wildman–Crippen LogP) is 6.07. The summed E-state index contributed by atoms with van der Waals surface area (Å²) in [6.07, 6.45) is 26.0. The van der Waals surface area contributed by atoms with Gasteiger partial charge in [0, 0.05) is 6.42 Å². The topological polar surface area (TPSA) is 26.3 Å². The van der Waals surface area contributed by atoms with Crippen LogP contribution in [-0.2, 0) is 9.53 Å². The Morgan fingerprint density at radius 3 is 2.48 bits per heavy atom. The highest BCUT2D eigenvalue weighted by atomic mass is 16.5. The first-order valence-electron chi connectivity index (χ1n) is 8.74. The maximum absolute atomic E-state index is 10.9. The van der Waals surface area contributed by atoms with Gasteiger partial charge in [-0.15, -0.1) is 5.73 Å². The van der Waals surface area contributed by atoms with Gasteiger partial charge in [0.25, 0.3) is 0 Å². The van der Waals surface area contributed by atoms with Crippen LogP contribution in [0, 0.1) is 0 Å². The van der Waals surface area contributed by atoms with Crippen molar-refractivity contribution in [1.29, 1.82) is 0 Å². The van der Waals surface area contributed by atoms with Gasteiger partial charge in [0.15, 0.2) is 0 Å². The zero-order valence-electron chi connectivity index (χ0n) is 14.8. The van der Waals surface area contributed by atoms with E-state index in [1.54, 1.807) is 0 Å². The number of carbonyl (C=O) groups is 1. The molecule has 2 nitrogen and oxygen atoms in total. The molecule has 128 valence electrons. The van der Waals surface area contributed by atoms with Crippen LogP contribution in [0.15, 0.2) is 54.3 Å². The first kappa shape index (κ1) is 21.2. The van der Waals surface area contributed by atoms with Gasteiger partial charge < -0.3 is 4.74 Å². The highest BCUT2D eigenvalue weighted by Gasteiger charge is 1.98. The fourth-order valence-electron chi connectivity index (χ4n) is 1.94. The van der Waals surface area contributed by atoms with Gasteiger partial charge in [0.05, 0.1) is 7.11 Å². The smallest absolute Gasteiger partial charge is 0.305 e. The summed E-state index contributed by atoms with van der Waals surface area (Å²) in [6.45, 7) is 2.15. The number of ether oxygens (including phenoxy) is 1. The number of esters is 1. The van der Waals surface area contributed by atoms with Gasteiger partial charge in [-0.1, -0.05) is 56.2 Å². The van der Waals surface area contributed by atoms with E-state index >= 15 is 0 Å². The van der Waals surface area contributed by atoms with Gasteiger partial charge in [-0.2, -0.15) is 0 Å². The summed E-state index contributed by atoms with van der Waals surface area (Å²) in [4.78, 5) is 10.9. The van der Waals surface area contributed by atoms with Gasteiger partial charge in [-0.05, 0) is 50.7 Å². The van der Waals surface area contributed by atoms with Crippen molar-refractivity contribution < 1.29 is 9.53 Å². The zero-order chi connectivity index (χ0) is 17.0. The van der Waals surface area contributed by atoms with Crippen LogP contribution >= 0.6 is 0 Å². The van der Waals surface area contributed by atoms with Crippen LogP contribution in [0.4, 0.5) is 0 Å². The highest BCUT2D eigenvalue weighted by molar-refractivity contribution is 5.68. The molecule has 0 spiro atoms. The van der Waals surface area contributed by atoms with Crippen molar-refractivity contribution in [2.24, 2.45) is 0 Å². The molecule has 0 bridgehead atoms. The molecule has 0 aliphatic carbocycles. The SMILES string of the molecule is CC/C=C/C/C=C/CC=C=C/C=C/CCCCCCC(=O)OC. The number of rotatable bonds is 13. The van der Waals surface area contributed by atoms with Crippen molar-refractivity contribution in [3.8, 4) is 0 Å². The molecule has 0 saturated heterocycles. The number of hydrogen-bond donors (Lipinski definition) is 0. The van der Waals surface area contributed by atoms with Gasteiger partial charge >= 0.3 is 5.97 Å². The summed E-state index contributed by atoms with van der Waals surface area (Å²) < 4.78 is 4.61. The summed E-state index contributed by atoms with van der Waals surface area (Å²) in [6, 6.07) is 0. The Morgan fingerprint density at radius 2 is 1.70 bits per heavy atom. The number of methoxy groups -OCH3 is 1. The third-order valence-electron chi connectivity index (χ3n) is 3.27. The molecule has 0 aliphatic rings. The first-order chi connectivity index (χ1) is 11.3. The summed E-state index contributed by atoms with van der Waals surface area (Å²) in [5, 5.41) is 0. The first-order valence-corrected chi connectivity index (χ1v) is 8.74. The van der Waals surface area contributed by atoms with Crippen LogP contribution in [0.3, 0.4) is 0 Å². The predicted molar refractivity (Wildman–Crippen MR) is 99.3 cm³/mol. The quantitative estimate of drug-likeness (QED) is 0.135. The normalized spacial score (nSPS) is 11.2. The Kier molecular flexibility index (Phi) is 16.8. The molecule has 0 heterocycles. The molecular formula is C21H32O2. The molecule has 0 aliphatic heterocycles. The van der Waals surface area contributed by atoms with E-state index in [1.165, 1.54) is 13.5 Å². The van der Waals surface area contributed by atoms with E-state index in [2.05, 4.69) is 53.8 Å². The molecular weight excluding hydrogens is 284 g/mol. The van der Waals surface area contributed by atoms with Crippen molar-refractivity contribution in [2.45, 2.75) is 64.7 Å². The second-order valence-electron chi connectivity index (χ2n) is 5.32. The molecule has 0 fully saturated rings. The van der Waals surface area contributed by atoms with Gasteiger partial charge in [-0.3, -0.25) is 4.79 Å². The highest BCUT2D eigenvalue weighted by Crippen LogP contribution is 2.06. The number of allylic oxidation sites excluding steroid dienone is 7. The van der Waals surface area contributed by atoms with Crippen molar-refractivity contribution >= 4 is 5.97 Å². The van der Waals surface area contributed by atoms with Gasteiger partial charge in [0.1, 0.15) is 0 Å². The number of carbonyl (C=O) groups excluding carboxylic acids is 1. The van der Waals surface area contributed by atoms with Crippen LogP contribution in [0.25, 0.3) is 0 Å². The molecule has 23 heavy (non-hydrogen) atoms. The molecule has 0 amide bonds. The molecule has 0 aromatic rings. The lowest BCUT2D eigenvalue weighted by molar-refractivity contribution is -0.140. The minimum absolute atomic E-state index is 0.103. The maximum atomic E-state index is 10.9. The summed E-state index contributed by atoms with van der Waals surface area (Å²) in [7, 11) is 1.44. The van der Waals surface area contributed by atoms with E-state index in [0.717, 1.165) is 44.9 Å². The van der Waals surface area contributed by atoms with Crippen molar-refractivity contribution in [3.63, 3.8) is 0 Å². The van der Waals surface area contributed by atoms with Crippen LogP contribution in [0.1, 0.15) is 64.7 Å². The number of hydrogen-bond acceptors (Lipinski definition) is 2. The Hall–Kier alpha value is -1.79. The molecule has 0 unspecified atom stereocenters. The zero-order valence-corrected chi connectivity index (χ0v) is 14.8. The second kappa shape index (κ2) is 18.3. The number of unbranched alkanes of at least 4 members (excludes halogenated alkanes) is 4. The molecule has 0 aromatic heterocycles. The van der Waals surface area contributed by atoms with E-state index in [-0.39, 0.29) is 5.97 Å². The third kappa shape index (κ3) is 18.2. The minimum Gasteiger partial charge on any atom is -0.469 e. The standard InChI is InChI=1S/C21H32O2/c1-3-4-5-6-7-8-9-10-11-12-13-14-15-16-17-18-19-20-21(22)23-2/h4-5,7-8,10,12-14H,3,6,9,15-20H2,1-2H3/b5-4+,8-7+,14-13+. The molecule has 0 aromatic carbocycles. The van der Waals surface area contributed by atoms with Gasteiger partial charge in [0.2, 0.25) is 0 Å². The Balaban J connectivity index is 3.49. The Labute approximate surface area is 142 Å². The lowest BCUT2D eigenvalue weighted by atomic mass is 10.1. The molecule has 0 radical (unpaired) electrons. The molecule has 0 atom stereocenters. The minimum atomic E-state index is -0.103. The summed E-state index contributed by atoms with van der Waals surface area (Å²) >= 11 is 0. The Morgan fingerprint density at radius 1 is 0.957 bits per heavy atom. The van der Waals surface area contributed by atoms with E-state index in [9.17, 15) is 4.79 Å². The monoisotopic (exact) mass is 316 g/mol. The summed E-state index contributed by atoms with van der Waals surface area (Å²) in [5.74, 6) is -0.103. The van der Waals surface area contributed by atoms with Crippen LogP contribution in [0.2, 0.25) is 0 Å².